The Bertz CT molecular complexity index is 706. The van der Waals surface area contributed by atoms with E-state index in [4.69, 9.17) is 25.8 Å². The van der Waals surface area contributed by atoms with Crippen molar-refractivity contribution in [1.29, 1.82) is 0 Å². The molecule has 0 aliphatic rings. The molecule has 0 saturated carbocycles. The van der Waals surface area contributed by atoms with Crippen LogP contribution in [0.25, 0.3) is 0 Å². The van der Waals surface area contributed by atoms with Gasteiger partial charge in [-0.15, -0.1) is 0 Å². The van der Waals surface area contributed by atoms with Crippen LogP contribution in [-0.4, -0.2) is 23.2 Å². The van der Waals surface area contributed by atoms with Crippen LogP contribution in [0.3, 0.4) is 0 Å². The number of nitrogens with zero attached hydrogens (tertiary/aromatic N) is 1. The van der Waals surface area contributed by atoms with Gasteiger partial charge in [-0.2, -0.15) is 0 Å². The van der Waals surface area contributed by atoms with Crippen LogP contribution >= 0.6 is 11.6 Å². The molecule has 24 heavy (non-hydrogen) atoms. The van der Waals surface area contributed by atoms with Gasteiger partial charge in [0.1, 0.15) is 11.5 Å². The summed E-state index contributed by atoms with van der Waals surface area (Å²) in [7, 11) is 0. The molecule has 128 valence electrons. The first kappa shape index (κ1) is 18.0. The molecule has 0 radical (unpaired) electrons. The molecule has 5 nitrogen and oxygen atoms in total. The lowest BCUT2D eigenvalue weighted by Gasteiger charge is -2.16. The van der Waals surface area contributed by atoms with E-state index in [9.17, 15) is 9.18 Å². The summed E-state index contributed by atoms with van der Waals surface area (Å²) >= 11 is 5.63. The number of carbonyl (C=O) groups excluding carboxylic acids is 1. The Hall–Kier alpha value is -2.34. The van der Waals surface area contributed by atoms with E-state index < -0.39 is 17.9 Å². The van der Waals surface area contributed by atoms with E-state index in [-0.39, 0.29) is 17.0 Å². The van der Waals surface area contributed by atoms with Crippen molar-refractivity contribution in [3.8, 4) is 17.4 Å². The Balaban J connectivity index is 1.99. The first-order valence-corrected chi connectivity index (χ1v) is 7.69. The third-order valence-electron chi connectivity index (χ3n) is 2.81. The normalized spacial score (nSPS) is 11.9. The van der Waals surface area contributed by atoms with Crippen molar-refractivity contribution in [3.05, 3.63) is 47.4 Å². The van der Waals surface area contributed by atoms with E-state index in [0.717, 1.165) is 6.07 Å². The summed E-state index contributed by atoms with van der Waals surface area (Å²) in [5, 5.41) is 0.186. The van der Waals surface area contributed by atoms with Gasteiger partial charge in [0.25, 0.3) is 5.88 Å². The van der Waals surface area contributed by atoms with Crippen LogP contribution in [0.15, 0.2) is 36.5 Å². The maximum atomic E-state index is 13.6. The minimum atomic E-state index is -0.741. The fraction of sp³-hybridized carbons (Fsp3) is 0.294. The van der Waals surface area contributed by atoms with E-state index >= 15 is 0 Å². The molecule has 7 heteroatoms. The topological polar surface area (TPSA) is 57.7 Å². The van der Waals surface area contributed by atoms with Crippen molar-refractivity contribution in [2.45, 2.75) is 33.0 Å². The monoisotopic (exact) mass is 353 g/mol. The van der Waals surface area contributed by atoms with E-state index in [1.165, 1.54) is 6.20 Å². The number of aromatic nitrogens is 1. The molecule has 0 aliphatic heterocycles. The molecular formula is C17H17ClFNO4. The number of pyridine rings is 1. The molecule has 0 aliphatic carbocycles. The molecule has 2 rings (SSSR count). The molecule has 0 spiro atoms. The first-order valence-electron chi connectivity index (χ1n) is 7.31. The van der Waals surface area contributed by atoms with E-state index in [1.54, 1.807) is 45.0 Å². The van der Waals surface area contributed by atoms with Crippen LogP contribution in [-0.2, 0) is 9.53 Å². The molecule has 0 fully saturated rings. The molecule has 1 aromatic heterocycles. The third-order valence-corrected chi connectivity index (χ3v) is 3.02. The highest BCUT2D eigenvalue weighted by Crippen LogP contribution is 2.26. The summed E-state index contributed by atoms with van der Waals surface area (Å²) in [6, 6.07) is 7.46. The Morgan fingerprint density at radius 3 is 2.38 bits per heavy atom. The average Bonchev–Trinajstić information content (AvgIpc) is 2.51. The predicted octanol–water partition coefficient (Wildman–Crippen LogP) is 4.39. The molecule has 0 bridgehead atoms. The zero-order valence-electron chi connectivity index (χ0n) is 13.5. The lowest BCUT2D eigenvalue weighted by atomic mass is 10.3. The fourth-order valence-corrected chi connectivity index (χ4v) is 1.90. The van der Waals surface area contributed by atoms with Crippen LogP contribution < -0.4 is 9.47 Å². The van der Waals surface area contributed by atoms with Crippen molar-refractivity contribution < 1.29 is 23.4 Å². The molecule has 1 heterocycles. The number of benzene rings is 1. The fourth-order valence-electron chi connectivity index (χ4n) is 1.76. The lowest BCUT2D eigenvalue weighted by molar-refractivity contribution is -0.154. The van der Waals surface area contributed by atoms with Gasteiger partial charge in [0, 0.05) is 6.20 Å². The molecule has 0 amide bonds. The third kappa shape index (κ3) is 5.09. The van der Waals surface area contributed by atoms with Crippen molar-refractivity contribution in [1.82, 2.24) is 4.98 Å². The van der Waals surface area contributed by atoms with Crippen molar-refractivity contribution in [2.75, 3.05) is 0 Å². The van der Waals surface area contributed by atoms with Crippen molar-refractivity contribution in [2.24, 2.45) is 0 Å². The van der Waals surface area contributed by atoms with Gasteiger partial charge in [0.15, 0.2) is 11.9 Å². The van der Waals surface area contributed by atoms with Gasteiger partial charge in [0.05, 0.1) is 11.1 Å². The molecule has 0 saturated heterocycles. The Labute approximate surface area is 144 Å². The molecule has 1 atom stereocenters. The molecule has 0 unspecified atom stereocenters. The van der Waals surface area contributed by atoms with E-state index in [1.807, 2.05) is 0 Å². The molecule has 1 aromatic carbocycles. The summed E-state index contributed by atoms with van der Waals surface area (Å²) in [6.45, 7) is 5.13. The lowest BCUT2D eigenvalue weighted by Crippen LogP contribution is -2.28. The maximum Gasteiger partial charge on any atom is 0.347 e. The number of esters is 1. The highest BCUT2D eigenvalue weighted by atomic mass is 35.5. The van der Waals surface area contributed by atoms with Gasteiger partial charge in [-0.1, -0.05) is 11.6 Å². The maximum absolute atomic E-state index is 13.6. The van der Waals surface area contributed by atoms with Crippen molar-refractivity contribution >= 4 is 17.6 Å². The second kappa shape index (κ2) is 7.97. The average molecular weight is 354 g/mol. The van der Waals surface area contributed by atoms with Gasteiger partial charge in [-0.3, -0.25) is 0 Å². The van der Waals surface area contributed by atoms with Crippen LogP contribution in [0.1, 0.15) is 20.8 Å². The zero-order chi connectivity index (χ0) is 17.7. The minimum Gasteiger partial charge on any atom is -0.479 e. The zero-order valence-corrected chi connectivity index (χ0v) is 14.2. The predicted molar refractivity (Wildman–Crippen MR) is 87.0 cm³/mol. The quantitative estimate of drug-likeness (QED) is 0.721. The number of halogens is 2. The van der Waals surface area contributed by atoms with Gasteiger partial charge >= 0.3 is 5.97 Å². The summed E-state index contributed by atoms with van der Waals surface area (Å²) in [5.74, 6) is -0.457. The minimum absolute atomic E-state index is 0.179. The summed E-state index contributed by atoms with van der Waals surface area (Å²) in [6.07, 6.45) is 0.343. The summed E-state index contributed by atoms with van der Waals surface area (Å²) in [5.41, 5.74) is 0. The van der Waals surface area contributed by atoms with Crippen LogP contribution in [0.5, 0.6) is 17.4 Å². The van der Waals surface area contributed by atoms with Gasteiger partial charge < -0.3 is 14.2 Å². The molecule has 2 aromatic rings. The van der Waals surface area contributed by atoms with Crippen molar-refractivity contribution in [3.63, 3.8) is 0 Å². The van der Waals surface area contributed by atoms with E-state index in [2.05, 4.69) is 4.98 Å². The SMILES string of the molecule is CC(C)OC(=O)[C@@H](C)Oc1ccc(Oc2ncc(Cl)cc2F)cc1. The smallest absolute Gasteiger partial charge is 0.347 e. The van der Waals surface area contributed by atoms with E-state index in [0.29, 0.717) is 11.5 Å². The largest absolute Gasteiger partial charge is 0.479 e. The second-order valence-electron chi connectivity index (χ2n) is 5.26. The standard InChI is InChI=1S/C17H17ClFNO4/c1-10(2)22-17(21)11(3)23-13-4-6-14(7-5-13)24-16-15(19)8-12(18)9-20-16/h4-11H,1-3H3/t11-/m1/s1. The Kier molecular flexibility index (Phi) is 5.98. The highest BCUT2D eigenvalue weighted by molar-refractivity contribution is 6.30. The number of ether oxygens (including phenoxy) is 3. The van der Waals surface area contributed by atoms with Crippen LogP contribution in [0.4, 0.5) is 4.39 Å². The number of rotatable bonds is 6. The number of hydrogen-bond donors (Lipinski definition) is 0. The van der Waals surface area contributed by atoms with Gasteiger partial charge in [-0.25, -0.2) is 14.2 Å². The van der Waals surface area contributed by atoms with Gasteiger partial charge in [-0.05, 0) is 51.1 Å². The Morgan fingerprint density at radius 2 is 1.79 bits per heavy atom. The summed E-state index contributed by atoms with van der Waals surface area (Å²) in [4.78, 5) is 15.5. The molecular weight excluding hydrogens is 337 g/mol. The second-order valence-corrected chi connectivity index (χ2v) is 5.70. The first-order chi connectivity index (χ1) is 11.3. The van der Waals surface area contributed by atoms with Crippen LogP contribution in [0, 0.1) is 5.82 Å². The summed E-state index contributed by atoms with van der Waals surface area (Å²) < 4.78 is 29.5. The number of hydrogen-bond acceptors (Lipinski definition) is 5. The van der Waals surface area contributed by atoms with Crippen LogP contribution in [0.2, 0.25) is 5.02 Å². The highest BCUT2D eigenvalue weighted by Gasteiger charge is 2.17. The molecule has 0 N–H and O–H groups in total. The Morgan fingerprint density at radius 1 is 1.17 bits per heavy atom. The number of carbonyl (C=O) groups is 1. The van der Waals surface area contributed by atoms with Gasteiger partial charge in [0.2, 0.25) is 0 Å².